The van der Waals surface area contributed by atoms with Gasteiger partial charge in [0.15, 0.2) is 9.84 Å². The van der Waals surface area contributed by atoms with E-state index in [0.717, 1.165) is 22.7 Å². The molecule has 0 bridgehead atoms. The molecule has 0 atom stereocenters. The van der Waals surface area contributed by atoms with E-state index >= 15 is 0 Å². The average molecular weight is 358 g/mol. The van der Waals surface area contributed by atoms with Gasteiger partial charge in [0, 0.05) is 11.8 Å². The van der Waals surface area contributed by atoms with Crippen LogP contribution in [0.25, 0.3) is 16.9 Å². The Kier molecular flexibility index (Phi) is 4.61. The third-order valence-corrected chi connectivity index (χ3v) is 4.95. The second-order valence-electron chi connectivity index (χ2n) is 5.59. The zero-order chi connectivity index (χ0) is 18.0. The van der Waals surface area contributed by atoms with Gasteiger partial charge in [0.2, 0.25) is 0 Å². The molecule has 6 nitrogen and oxygen atoms in total. The van der Waals surface area contributed by atoms with E-state index in [2.05, 4.69) is 5.10 Å². The van der Waals surface area contributed by atoms with Crippen molar-refractivity contribution in [2.24, 2.45) is 0 Å². The van der Waals surface area contributed by atoms with Crippen LogP contribution in [-0.2, 0) is 16.4 Å². The Hall–Kier alpha value is -2.64. The molecular formula is C18H18N2O4S. The van der Waals surface area contributed by atoms with Gasteiger partial charge in [-0.15, -0.1) is 0 Å². The third kappa shape index (κ3) is 3.57. The summed E-state index contributed by atoms with van der Waals surface area (Å²) >= 11 is 0. The number of aromatic nitrogens is 2. The number of benzene rings is 2. The summed E-state index contributed by atoms with van der Waals surface area (Å²) in [5, 5.41) is 13.8. The van der Waals surface area contributed by atoms with Gasteiger partial charge in [-0.3, -0.25) is 0 Å². The van der Waals surface area contributed by atoms with E-state index in [4.69, 9.17) is 4.74 Å². The summed E-state index contributed by atoms with van der Waals surface area (Å²) in [7, 11) is -1.65. The van der Waals surface area contributed by atoms with Gasteiger partial charge in [-0.2, -0.15) is 5.10 Å². The Morgan fingerprint density at radius 3 is 2.24 bits per heavy atom. The zero-order valence-electron chi connectivity index (χ0n) is 13.9. The van der Waals surface area contributed by atoms with Crippen molar-refractivity contribution >= 4 is 9.84 Å². The summed E-state index contributed by atoms with van der Waals surface area (Å²) in [4.78, 5) is 0.258. The first-order valence-electron chi connectivity index (χ1n) is 7.57. The standard InChI is InChI=1S/C18H18N2O4S/c1-24-16-7-5-15(6-8-16)20-18(11-14(12-21)19-20)13-3-9-17(10-4-13)25(2,22)23/h3-11,21H,12H2,1-2H3. The van der Waals surface area contributed by atoms with E-state index < -0.39 is 9.84 Å². The van der Waals surface area contributed by atoms with Gasteiger partial charge in [-0.05, 0) is 42.5 Å². The minimum atomic E-state index is -3.25. The van der Waals surface area contributed by atoms with Crippen molar-refractivity contribution in [3.8, 4) is 22.7 Å². The zero-order valence-corrected chi connectivity index (χ0v) is 14.7. The summed E-state index contributed by atoms with van der Waals surface area (Å²) in [6.07, 6.45) is 1.17. The van der Waals surface area contributed by atoms with E-state index in [9.17, 15) is 13.5 Å². The van der Waals surface area contributed by atoms with Gasteiger partial charge >= 0.3 is 0 Å². The minimum Gasteiger partial charge on any atom is -0.497 e. The Labute approximate surface area is 146 Å². The molecule has 0 saturated heterocycles. The summed E-state index contributed by atoms with van der Waals surface area (Å²) in [5.41, 5.74) is 2.89. The molecule has 0 aliphatic heterocycles. The molecule has 7 heteroatoms. The number of hydrogen-bond acceptors (Lipinski definition) is 5. The fourth-order valence-corrected chi connectivity index (χ4v) is 3.14. The highest BCUT2D eigenvalue weighted by Crippen LogP contribution is 2.26. The monoisotopic (exact) mass is 358 g/mol. The smallest absolute Gasteiger partial charge is 0.175 e. The van der Waals surface area contributed by atoms with Crippen LogP contribution in [0.15, 0.2) is 59.5 Å². The largest absolute Gasteiger partial charge is 0.497 e. The lowest BCUT2D eigenvalue weighted by molar-refractivity contribution is 0.276. The summed E-state index contributed by atoms with van der Waals surface area (Å²) in [6.45, 7) is -0.183. The first-order chi connectivity index (χ1) is 11.9. The summed E-state index contributed by atoms with van der Waals surface area (Å²) < 4.78 is 30.1. The lowest BCUT2D eigenvalue weighted by Gasteiger charge is -2.09. The number of ether oxygens (including phenoxy) is 1. The predicted molar refractivity (Wildman–Crippen MR) is 94.6 cm³/mol. The van der Waals surface area contributed by atoms with Crippen LogP contribution < -0.4 is 4.74 Å². The molecular weight excluding hydrogens is 340 g/mol. The molecule has 0 unspecified atom stereocenters. The van der Waals surface area contributed by atoms with Crippen molar-refractivity contribution in [2.75, 3.05) is 13.4 Å². The number of aliphatic hydroxyl groups excluding tert-OH is 1. The molecule has 130 valence electrons. The highest BCUT2D eigenvalue weighted by molar-refractivity contribution is 7.90. The van der Waals surface area contributed by atoms with Crippen molar-refractivity contribution in [1.29, 1.82) is 0 Å². The van der Waals surface area contributed by atoms with E-state index in [1.807, 2.05) is 24.3 Å². The maximum atomic E-state index is 11.6. The number of sulfone groups is 1. The van der Waals surface area contributed by atoms with Crippen LogP contribution in [0.4, 0.5) is 0 Å². The molecule has 0 fully saturated rings. The summed E-state index contributed by atoms with van der Waals surface area (Å²) in [5.74, 6) is 0.734. The van der Waals surface area contributed by atoms with E-state index in [1.54, 1.807) is 42.1 Å². The van der Waals surface area contributed by atoms with Gasteiger partial charge in [0.1, 0.15) is 5.75 Å². The van der Waals surface area contributed by atoms with Gasteiger partial charge in [-0.1, -0.05) is 12.1 Å². The van der Waals surface area contributed by atoms with Crippen LogP contribution in [-0.4, -0.2) is 36.7 Å². The molecule has 0 aliphatic carbocycles. The van der Waals surface area contributed by atoms with Crippen LogP contribution >= 0.6 is 0 Å². The molecule has 1 heterocycles. The molecule has 25 heavy (non-hydrogen) atoms. The highest BCUT2D eigenvalue weighted by atomic mass is 32.2. The fourth-order valence-electron chi connectivity index (χ4n) is 2.51. The predicted octanol–water partition coefficient (Wildman–Crippen LogP) is 2.44. The number of nitrogens with zero attached hydrogens (tertiary/aromatic N) is 2. The van der Waals surface area contributed by atoms with E-state index in [0.29, 0.717) is 5.69 Å². The van der Waals surface area contributed by atoms with Gasteiger partial charge in [-0.25, -0.2) is 13.1 Å². The molecule has 2 aromatic carbocycles. The maximum absolute atomic E-state index is 11.6. The maximum Gasteiger partial charge on any atom is 0.175 e. The number of methoxy groups -OCH3 is 1. The van der Waals surface area contributed by atoms with Crippen LogP contribution in [0.1, 0.15) is 5.69 Å². The third-order valence-electron chi connectivity index (χ3n) is 3.82. The lowest BCUT2D eigenvalue weighted by atomic mass is 10.1. The second kappa shape index (κ2) is 6.70. The number of hydrogen-bond donors (Lipinski definition) is 1. The molecule has 0 amide bonds. The van der Waals surface area contributed by atoms with Crippen molar-refractivity contribution in [1.82, 2.24) is 9.78 Å². The summed E-state index contributed by atoms with van der Waals surface area (Å²) in [6, 6.07) is 15.7. The minimum absolute atomic E-state index is 0.183. The van der Waals surface area contributed by atoms with Gasteiger partial charge in [0.25, 0.3) is 0 Å². The van der Waals surface area contributed by atoms with Crippen LogP contribution in [0.2, 0.25) is 0 Å². The fraction of sp³-hybridized carbons (Fsp3) is 0.167. The number of aliphatic hydroxyl groups is 1. The van der Waals surface area contributed by atoms with E-state index in [1.165, 1.54) is 6.26 Å². The SMILES string of the molecule is COc1ccc(-n2nc(CO)cc2-c2ccc(S(C)(=O)=O)cc2)cc1. The number of rotatable bonds is 5. The second-order valence-corrected chi connectivity index (χ2v) is 7.60. The first kappa shape index (κ1) is 17.2. The van der Waals surface area contributed by atoms with Crippen molar-refractivity contribution in [2.45, 2.75) is 11.5 Å². The topological polar surface area (TPSA) is 81.4 Å². The molecule has 0 spiro atoms. The average Bonchev–Trinajstić information content (AvgIpc) is 3.05. The Balaban J connectivity index is 2.08. The van der Waals surface area contributed by atoms with Crippen LogP contribution in [0.5, 0.6) is 5.75 Å². The Bertz CT molecular complexity index is 975. The van der Waals surface area contributed by atoms with Crippen molar-refractivity contribution in [3.05, 3.63) is 60.3 Å². The van der Waals surface area contributed by atoms with Crippen molar-refractivity contribution < 1.29 is 18.3 Å². The Morgan fingerprint density at radius 1 is 1.08 bits per heavy atom. The molecule has 1 aromatic heterocycles. The highest BCUT2D eigenvalue weighted by Gasteiger charge is 2.13. The van der Waals surface area contributed by atoms with Crippen LogP contribution in [0.3, 0.4) is 0 Å². The molecule has 0 aliphatic rings. The lowest BCUT2D eigenvalue weighted by Crippen LogP contribution is -2.00. The van der Waals surface area contributed by atoms with Crippen LogP contribution in [0, 0.1) is 0 Å². The molecule has 3 aromatic rings. The first-order valence-corrected chi connectivity index (χ1v) is 9.46. The molecule has 1 N–H and O–H groups in total. The van der Waals surface area contributed by atoms with Crippen molar-refractivity contribution in [3.63, 3.8) is 0 Å². The normalized spacial score (nSPS) is 11.5. The van der Waals surface area contributed by atoms with Gasteiger partial charge < -0.3 is 9.84 Å². The van der Waals surface area contributed by atoms with E-state index in [-0.39, 0.29) is 11.5 Å². The Morgan fingerprint density at radius 2 is 1.72 bits per heavy atom. The quantitative estimate of drug-likeness (QED) is 0.758. The molecule has 0 saturated carbocycles. The molecule has 3 rings (SSSR count). The molecule has 0 radical (unpaired) electrons. The van der Waals surface area contributed by atoms with Gasteiger partial charge in [0.05, 0.1) is 35.7 Å².